The van der Waals surface area contributed by atoms with Crippen LogP contribution in [-0.4, -0.2) is 62.6 Å². The lowest BCUT2D eigenvalue weighted by Crippen LogP contribution is -2.55. The SMILES string of the molecule is COc1ccc(S(=O)(=O)N2CCOC23CCN(C(=O)c2ccccc2)CC3)cc1. The van der Waals surface area contributed by atoms with Crippen LogP contribution in [0.4, 0.5) is 0 Å². The molecule has 1 spiro atoms. The second-order valence-electron chi connectivity index (χ2n) is 7.21. The van der Waals surface area contributed by atoms with E-state index in [-0.39, 0.29) is 10.8 Å². The van der Waals surface area contributed by atoms with E-state index < -0.39 is 15.7 Å². The number of methoxy groups -OCH3 is 1. The van der Waals surface area contributed by atoms with Crippen molar-refractivity contribution in [1.29, 1.82) is 0 Å². The third kappa shape index (κ3) is 3.63. The molecule has 154 valence electrons. The molecule has 29 heavy (non-hydrogen) atoms. The maximum Gasteiger partial charge on any atom is 0.253 e. The van der Waals surface area contributed by atoms with Crippen LogP contribution in [0.2, 0.25) is 0 Å². The number of hydrogen-bond donors (Lipinski definition) is 0. The molecular weight excluding hydrogens is 392 g/mol. The molecule has 2 heterocycles. The highest BCUT2D eigenvalue weighted by atomic mass is 32.2. The first-order valence-corrected chi connectivity index (χ1v) is 11.1. The number of benzene rings is 2. The van der Waals surface area contributed by atoms with Crippen molar-refractivity contribution >= 4 is 15.9 Å². The molecule has 2 saturated heterocycles. The number of carbonyl (C=O) groups is 1. The highest BCUT2D eigenvalue weighted by Crippen LogP contribution is 2.38. The zero-order valence-electron chi connectivity index (χ0n) is 16.3. The minimum absolute atomic E-state index is 0.0389. The summed E-state index contributed by atoms with van der Waals surface area (Å²) in [5.74, 6) is 0.562. The molecule has 2 aromatic rings. The fraction of sp³-hybridized carbons (Fsp3) is 0.381. The van der Waals surface area contributed by atoms with Gasteiger partial charge in [0.2, 0.25) is 10.0 Å². The fourth-order valence-corrected chi connectivity index (χ4v) is 5.75. The van der Waals surface area contributed by atoms with Crippen LogP contribution < -0.4 is 4.74 Å². The van der Waals surface area contributed by atoms with E-state index in [0.717, 1.165) is 0 Å². The first kappa shape index (κ1) is 19.9. The van der Waals surface area contributed by atoms with Crippen molar-refractivity contribution in [2.24, 2.45) is 0 Å². The summed E-state index contributed by atoms with van der Waals surface area (Å²) in [6.45, 7) is 1.55. The number of hydrogen-bond acceptors (Lipinski definition) is 5. The number of piperidine rings is 1. The van der Waals surface area contributed by atoms with Gasteiger partial charge in [-0.2, -0.15) is 4.31 Å². The number of likely N-dealkylation sites (tertiary alicyclic amines) is 1. The van der Waals surface area contributed by atoms with Gasteiger partial charge in [0, 0.05) is 38.0 Å². The fourth-order valence-electron chi connectivity index (χ4n) is 4.02. The van der Waals surface area contributed by atoms with Gasteiger partial charge in [-0.15, -0.1) is 0 Å². The normalized spacial score (nSPS) is 19.4. The maximum atomic E-state index is 13.3. The second kappa shape index (κ2) is 7.78. The zero-order valence-corrected chi connectivity index (χ0v) is 17.1. The van der Waals surface area contributed by atoms with Crippen LogP contribution in [0.15, 0.2) is 59.5 Å². The van der Waals surface area contributed by atoms with Crippen LogP contribution in [0.5, 0.6) is 5.75 Å². The number of ether oxygens (including phenoxy) is 2. The first-order chi connectivity index (χ1) is 14.0. The lowest BCUT2D eigenvalue weighted by molar-refractivity contribution is -0.0857. The summed E-state index contributed by atoms with van der Waals surface area (Å²) >= 11 is 0. The van der Waals surface area contributed by atoms with Gasteiger partial charge in [-0.1, -0.05) is 18.2 Å². The van der Waals surface area contributed by atoms with E-state index >= 15 is 0 Å². The minimum Gasteiger partial charge on any atom is -0.497 e. The predicted octanol–water partition coefficient (Wildman–Crippen LogP) is 2.35. The molecule has 0 atom stereocenters. The first-order valence-electron chi connectivity index (χ1n) is 9.61. The lowest BCUT2D eigenvalue weighted by atomic mass is 10.00. The molecule has 2 aromatic carbocycles. The smallest absolute Gasteiger partial charge is 0.253 e. The average Bonchev–Trinajstić information content (AvgIpc) is 3.18. The van der Waals surface area contributed by atoms with Crippen molar-refractivity contribution in [2.45, 2.75) is 23.5 Å². The molecule has 0 aromatic heterocycles. The average molecular weight is 416 g/mol. The van der Waals surface area contributed by atoms with Crippen LogP contribution in [0, 0.1) is 0 Å². The molecule has 7 nitrogen and oxygen atoms in total. The van der Waals surface area contributed by atoms with Gasteiger partial charge in [-0.05, 0) is 36.4 Å². The van der Waals surface area contributed by atoms with Crippen molar-refractivity contribution in [1.82, 2.24) is 9.21 Å². The Balaban J connectivity index is 1.52. The molecule has 2 aliphatic rings. The number of nitrogens with zero attached hydrogens (tertiary/aromatic N) is 2. The Morgan fingerprint density at radius 2 is 1.66 bits per heavy atom. The third-order valence-corrected chi connectivity index (χ3v) is 7.58. The predicted molar refractivity (Wildman–Crippen MR) is 107 cm³/mol. The molecule has 0 unspecified atom stereocenters. The molecule has 1 amide bonds. The van der Waals surface area contributed by atoms with Crippen molar-refractivity contribution < 1.29 is 22.7 Å². The van der Waals surface area contributed by atoms with Gasteiger partial charge in [-0.3, -0.25) is 4.79 Å². The summed E-state index contributed by atoms with van der Waals surface area (Å²) in [7, 11) is -2.17. The van der Waals surface area contributed by atoms with E-state index in [1.165, 1.54) is 11.4 Å². The molecule has 2 aliphatic heterocycles. The van der Waals surface area contributed by atoms with Crippen LogP contribution in [-0.2, 0) is 14.8 Å². The molecule has 0 bridgehead atoms. The summed E-state index contributed by atoms with van der Waals surface area (Å²) in [6.07, 6.45) is 0.891. The Bertz CT molecular complexity index is 968. The van der Waals surface area contributed by atoms with Gasteiger partial charge in [0.1, 0.15) is 11.5 Å². The second-order valence-corrected chi connectivity index (χ2v) is 9.07. The standard InChI is InChI=1S/C21H24N2O5S/c1-27-18-7-9-19(10-8-18)29(25,26)23-15-16-28-21(23)11-13-22(14-12-21)20(24)17-5-3-2-4-6-17/h2-10H,11-16H2,1H3. The molecule has 4 rings (SSSR count). The lowest BCUT2D eigenvalue weighted by Gasteiger charge is -2.42. The van der Waals surface area contributed by atoms with Gasteiger partial charge in [0.25, 0.3) is 5.91 Å². The monoisotopic (exact) mass is 416 g/mol. The van der Waals surface area contributed by atoms with Crippen LogP contribution >= 0.6 is 0 Å². The number of carbonyl (C=O) groups excluding carboxylic acids is 1. The highest BCUT2D eigenvalue weighted by Gasteiger charge is 2.51. The highest BCUT2D eigenvalue weighted by molar-refractivity contribution is 7.89. The van der Waals surface area contributed by atoms with Gasteiger partial charge in [0.05, 0.1) is 18.6 Å². The van der Waals surface area contributed by atoms with E-state index in [9.17, 15) is 13.2 Å². The van der Waals surface area contributed by atoms with Gasteiger partial charge < -0.3 is 14.4 Å². The number of amides is 1. The summed E-state index contributed by atoms with van der Waals surface area (Å²) in [5, 5.41) is 0. The summed E-state index contributed by atoms with van der Waals surface area (Å²) in [5.41, 5.74) is -0.259. The van der Waals surface area contributed by atoms with E-state index in [1.54, 1.807) is 41.3 Å². The molecular formula is C21H24N2O5S. The van der Waals surface area contributed by atoms with Gasteiger partial charge >= 0.3 is 0 Å². The largest absolute Gasteiger partial charge is 0.497 e. The zero-order chi connectivity index (χ0) is 20.5. The van der Waals surface area contributed by atoms with E-state index in [1.807, 2.05) is 18.2 Å². The van der Waals surface area contributed by atoms with Gasteiger partial charge in [0.15, 0.2) is 0 Å². The molecule has 8 heteroatoms. The van der Waals surface area contributed by atoms with Gasteiger partial charge in [-0.25, -0.2) is 8.42 Å². The Morgan fingerprint density at radius 1 is 1.00 bits per heavy atom. The molecule has 0 saturated carbocycles. The van der Waals surface area contributed by atoms with E-state index in [0.29, 0.717) is 50.4 Å². The quantitative estimate of drug-likeness (QED) is 0.765. The summed E-state index contributed by atoms with van der Waals surface area (Å²) in [6, 6.07) is 15.5. The number of rotatable bonds is 4. The Kier molecular flexibility index (Phi) is 5.33. The Morgan fingerprint density at radius 3 is 2.28 bits per heavy atom. The maximum absolute atomic E-state index is 13.3. The Labute approximate surface area is 170 Å². The van der Waals surface area contributed by atoms with Crippen LogP contribution in [0.1, 0.15) is 23.2 Å². The van der Waals surface area contributed by atoms with Crippen molar-refractivity contribution in [3.63, 3.8) is 0 Å². The molecule has 0 radical (unpaired) electrons. The van der Waals surface area contributed by atoms with Crippen molar-refractivity contribution in [3.05, 3.63) is 60.2 Å². The third-order valence-electron chi connectivity index (χ3n) is 5.62. The van der Waals surface area contributed by atoms with E-state index in [2.05, 4.69) is 0 Å². The van der Waals surface area contributed by atoms with Crippen LogP contribution in [0.25, 0.3) is 0 Å². The molecule has 0 aliphatic carbocycles. The summed E-state index contributed by atoms with van der Waals surface area (Å²) < 4.78 is 39.1. The van der Waals surface area contributed by atoms with E-state index in [4.69, 9.17) is 9.47 Å². The summed E-state index contributed by atoms with van der Waals surface area (Å²) in [4.78, 5) is 14.7. The minimum atomic E-state index is -3.71. The van der Waals surface area contributed by atoms with Crippen LogP contribution in [0.3, 0.4) is 0 Å². The molecule has 2 fully saturated rings. The van der Waals surface area contributed by atoms with Crippen molar-refractivity contribution in [3.8, 4) is 5.75 Å². The topological polar surface area (TPSA) is 76.2 Å². The van der Waals surface area contributed by atoms with Crippen molar-refractivity contribution in [2.75, 3.05) is 33.4 Å². The number of sulfonamides is 1. The molecule has 0 N–H and O–H groups in total. The Hall–Kier alpha value is -2.42.